The molecule has 0 radical (unpaired) electrons. The second kappa shape index (κ2) is 16.1. The minimum Gasteiger partial charge on any atom is -0.393 e. The molecule has 3 saturated carbocycles. The monoisotopic (exact) mass is 642 g/mol. The van der Waals surface area contributed by atoms with Crippen molar-refractivity contribution in [2.75, 3.05) is 32.6 Å². The fourth-order valence-electron chi connectivity index (χ4n) is 7.67. The number of rotatable bonds is 15. The van der Waals surface area contributed by atoms with Crippen LogP contribution in [0, 0.1) is 23.2 Å². The van der Waals surface area contributed by atoms with E-state index in [-0.39, 0.29) is 43.9 Å². The van der Waals surface area contributed by atoms with E-state index in [2.05, 4.69) is 38.7 Å². The first-order valence-corrected chi connectivity index (χ1v) is 19.6. The van der Waals surface area contributed by atoms with Crippen LogP contribution in [0.25, 0.3) is 0 Å². The number of aliphatic hydroxyl groups excluding tert-OH is 2. The van der Waals surface area contributed by atoms with Gasteiger partial charge in [-0.1, -0.05) is 50.3 Å². The molecule has 1 unspecified atom stereocenters. The highest BCUT2D eigenvalue weighted by molar-refractivity contribution is 7.58. The molecule has 0 aromatic carbocycles. The first-order chi connectivity index (χ1) is 20.4. The van der Waals surface area contributed by atoms with Gasteiger partial charge < -0.3 is 28.3 Å². The van der Waals surface area contributed by atoms with Gasteiger partial charge in [-0.3, -0.25) is 9.13 Å². The van der Waals surface area contributed by atoms with Crippen LogP contribution in [0.15, 0.2) is 47.6 Å². The van der Waals surface area contributed by atoms with Crippen molar-refractivity contribution in [3.05, 3.63) is 47.6 Å². The predicted octanol–water partition coefficient (Wildman–Crippen LogP) is 8.22. The van der Waals surface area contributed by atoms with Crippen LogP contribution in [0.1, 0.15) is 86.5 Å². The molecule has 0 saturated heterocycles. The van der Waals surface area contributed by atoms with E-state index < -0.39 is 33.1 Å². The Morgan fingerprint density at radius 3 is 2.21 bits per heavy atom. The normalized spacial score (nSPS) is 32.0. The van der Waals surface area contributed by atoms with E-state index in [1.807, 2.05) is 6.08 Å². The van der Waals surface area contributed by atoms with Crippen molar-refractivity contribution in [3.8, 4) is 0 Å². The highest BCUT2D eigenvalue weighted by atomic mass is 31.2. The Kier molecular flexibility index (Phi) is 13.8. The third kappa shape index (κ3) is 8.92. The molecule has 0 aromatic rings. The summed E-state index contributed by atoms with van der Waals surface area (Å²) in [5, 5.41) is 20.4. The zero-order valence-electron chi connectivity index (χ0n) is 27.2. The van der Waals surface area contributed by atoms with Crippen LogP contribution in [0.5, 0.6) is 0 Å². The number of hydrogen-bond acceptors (Lipinski definition) is 8. The van der Waals surface area contributed by atoms with E-state index >= 15 is 0 Å². The quantitative estimate of drug-likeness (QED) is 0.136. The van der Waals surface area contributed by atoms with E-state index in [1.54, 1.807) is 27.7 Å². The molecular weight excluding hydrogens is 586 g/mol. The lowest BCUT2D eigenvalue weighted by Gasteiger charge is -2.44. The first-order valence-electron chi connectivity index (χ1n) is 16.3. The van der Waals surface area contributed by atoms with Crippen molar-refractivity contribution in [3.63, 3.8) is 0 Å². The second-order valence-electron chi connectivity index (χ2n) is 12.5. The Morgan fingerprint density at radius 1 is 0.977 bits per heavy atom. The summed E-state index contributed by atoms with van der Waals surface area (Å²) in [4.78, 5) is 0. The summed E-state index contributed by atoms with van der Waals surface area (Å²) in [5.74, 6) is 1.06. The summed E-state index contributed by atoms with van der Waals surface area (Å²) in [7, 11) is -7.15. The second-order valence-corrected chi connectivity index (χ2v) is 16.8. The molecule has 0 bridgehead atoms. The van der Waals surface area contributed by atoms with Gasteiger partial charge >= 0.3 is 15.2 Å². The standard InChI is InChI=1S/C33H56O8P2/c1-8-38-42(36,39-9-2)23-29(43(37,40-10-3)41-11-4)17-14-24(5)30-18-19-31-26(13-12-20-33(30,31)7)15-16-27-21-28(34)22-32(35)25(27)6/h14-17,24,28-32,34-35H,6,8-13,18-23H2,1-5,7H3/b17-14+,26-15+,27-16-/t24-,28-,29?,30-,31+,32+,33-/m1/s1. The van der Waals surface area contributed by atoms with E-state index in [0.29, 0.717) is 30.3 Å². The van der Waals surface area contributed by atoms with Crippen molar-refractivity contribution in [2.45, 2.75) is 104 Å². The van der Waals surface area contributed by atoms with Crippen LogP contribution >= 0.6 is 15.2 Å². The van der Waals surface area contributed by atoms with E-state index in [1.165, 1.54) is 5.57 Å². The molecular formula is C33H56O8P2. The molecule has 246 valence electrons. The number of allylic oxidation sites excluding steroid dienone is 5. The maximum absolute atomic E-state index is 14.0. The summed E-state index contributed by atoms with van der Waals surface area (Å²) in [5.41, 5.74) is 2.44. The van der Waals surface area contributed by atoms with Crippen LogP contribution in [-0.2, 0) is 27.2 Å². The number of hydrogen-bond donors (Lipinski definition) is 2. The lowest BCUT2D eigenvalue weighted by atomic mass is 9.61. The predicted molar refractivity (Wildman–Crippen MR) is 173 cm³/mol. The van der Waals surface area contributed by atoms with E-state index in [4.69, 9.17) is 18.1 Å². The molecule has 2 N–H and O–H groups in total. The topological polar surface area (TPSA) is 112 Å². The average molecular weight is 643 g/mol. The molecule has 8 nitrogen and oxygen atoms in total. The molecule has 0 aromatic heterocycles. The Hall–Kier alpha value is -0.820. The van der Waals surface area contributed by atoms with Crippen LogP contribution in [-0.4, -0.2) is 60.7 Å². The lowest BCUT2D eigenvalue weighted by Crippen LogP contribution is -2.35. The van der Waals surface area contributed by atoms with E-state index in [9.17, 15) is 19.3 Å². The molecule has 0 heterocycles. The molecule has 0 aliphatic heterocycles. The summed E-state index contributed by atoms with van der Waals surface area (Å²) in [6.07, 6.45) is 13.4. The SMILES string of the molecule is C=C1/C(=C\C=C2/CCC[C@]3(C)[C@@H]([C@H](C)/C=C/C(CP(=O)(OCC)OCC)P(=O)(OCC)OCC)CC[C@@H]23)C[C@@H](O)C[C@@H]1O. The van der Waals surface area contributed by atoms with Crippen molar-refractivity contribution in [1.82, 2.24) is 0 Å². The summed E-state index contributed by atoms with van der Waals surface area (Å²) >= 11 is 0. The molecule has 0 amide bonds. The zero-order valence-corrected chi connectivity index (χ0v) is 29.0. The van der Waals surface area contributed by atoms with Crippen molar-refractivity contribution in [1.29, 1.82) is 0 Å². The molecule has 3 aliphatic carbocycles. The van der Waals surface area contributed by atoms with Crippen LogP contribution in [0.2, 0.25) is 0 Å². The summed E-state index contributed by atoms with van der Waals surface area (Å²) < 4.78 is 50.0. The molecule has 3 aliphatic rings. The fraction of sp³-hybridized carbons (Fsp3) is 0.758. The summed E-state index contributed by atoms with van der Waals surface area (Å²) in [6, 6.07) is 0. The van der Waals surface area contributed by atoms with Gasteiger partial charge in [-0.15, -0.1) is 0 Å². The maximum Gasteiger partial charge on any atom is 0.338 e. The lowest BCUT2D eigenvalue weighted by molar-refractivity contribution is 0.0862. The van der Waals surface area contributed by atoms with Crippen LogP contribution < -0.4 is 0 Å². The third-order valence-electron chi connectivity index (χ3n) is 9.66. The van der Waals surface area contributed by atoms with Gasteiger partial charge in [0.15, 0.2) is 0 Å². The molecule has 3 rings (SSSR count). The van der Waals surface area contributed by atoms with Crippen molar-refractivity contribution < 1.29 is 37.4 Å². The average Bonchev–Trinajstić information content (AvgIpc) is 3.30. The Morgan fingerprint density at radius 2 is 1.60 bits per heavy atom. The molecule has 0 spiro atoms. The minimum atomic E-state index is -3.63. The Bertz CT molecular complexity index is 1110. The third-order valence-corrected chi connectivity index (χ3v) is 14.5. The molecule has 10 heteroatoms. The fourth-order valence-corrected chi connectivity index (χ4v) is 12.2. The van der Waals surface area contributed by atoms with Gasteiger partial charge in [0.05, 0.1) is 50.5 Å². The first kappa shape index (κ1) is 36.6. The van der Waals surface area contributed by atoms with E-state index in [0.717, 1.165) is 37.7 Å². The number of aliphatic hydroxyl groups is 2. The van der Waals surface area contributed by atoms with Gasteiger partial charge in [0.25, 0.3) is 0 Å². The Labute approximate surface area is 260 Å². The highest BCUT2D eigenvalue weighted by Crippen LogP contribution is 2.62. The minimum absolute atomic E-state index is 0.0734. The van der Waals surface area contributed by atoms with Gasteiger partial charge in [-0.2, -0.15) is 0 Å². The van der Waals surface area contributed by atoms with Gasteiger partial charge in [-0.25, -0.2) is 0 Å². The molecule has 7 atom stereocenters. The van der Waals surface area contributed by atoms with Gasteiger partial charge in [0.1, 0.15) is 0 Å². The Balaban J connectivity index is 1.86. The smallest absolute Gasteiger partial charge is 0.338 e. The molecule has 3 fully saturated rings. The van der Waals surface area contributed by atoms with Gasteiger partial charge in [0, 0.05) is 6.42 Å². The summed E-state index contributed by atoms with van der Waals surface area (Å²) in [6.45, 7) is 16.7. The largest absolute Gasteiger partial charge is 0.393 e. The zero-order chi connectivity index (χ0) is 31.8. The van der Waals surface area contributed by atoms with Crippen molar-refractivity contribution in [2.24, 2.45) is 23.2 Å². The highest BCUT2D eigenvalue weighted by Gasteiger charge is 2.50. The number of fused-ring (bicyclic) bond motifs is 1. The van der Waals surface area contributed by atoms with Crippen LogP contribution in [0.3, 0.4) is 0 Å². The maximum atomic E-state index is 14.0. The van der Waals surface area contributed by atoms with Crippen LogP contribution in [0.4, 0.5) is 0 Å². The van der Waals surface area contributed by atoms with Gasteiger partial charge in [0.2, 0.25) is 0 Å². The van der Waals surface area contributed by atoms with Crippen molar-refractivity contribution >= 4 is 15.2 Å². The molecule has 43 heavy (non-hydrogen) atoms. The van der Waals surface area contributed by atoms with Gasteiger partial charge in [-0.05, 0) is 101 Å².